The molecular weight excluding hydrogens is 354 g/mol. The lowest BCUT2D eigenvalue weighted by Gasteiger charge is -2.21. The van der Waals surface area contributed by atoms with Crippen LogP contribution >= 0.6 is 11.3 Å². The first-order valence-corrected chi connectivity index (χ1v) is 9.85. The van der Waals surface area contributed by atoms with Gasteiger partial charge < -0.3 is 10.2 Å². The number of hydrogen-bond acceptors (Lipinski definition) is 5. The Morgan fingerprint density at radius 3 is 2.67 bits per heavy atom. The number of rotatable bonds is 6. The van der Waals surface area contributed by atoms with Crippen molar-refractivity contribution in [3.63, 3.8) is 0 Å². The van der Waals surface area contributed by atoms with E-state index in [1.807, 2.05) is 30.3 Å². The zero-order valence-electron chi connectivity index (χ0n) is 15.4. The van der Waals surface area contributed by atoms with Gasteiger partial charge in [0.2, 0.25) is 0 Å². The van der Waals surface area contributed by atoms with Crippen LogP contribution in [0.15, 0.2) is 66.3 Å². The summed E-state index contributed by atoms with van der Waals surface area (Å²) in [7, 11) is 4.37. The minimum atomic E-state index is 0.362. The van der Waals surface area contributed by atoms with E-state index in [4.69, 9.17) is 9.97 Å². The summed E-state index contributed by atoms with van der Waals surface area (Å²) in [5, 5.41) is 6.74. The lowest BCUT2D eigenvalue weighted by Crippen LogP contribution is -3.06. The molecule has 27 heavy (non-hydrogen) atoms. The average molecular weight is 377 g/mol. The van der Waals surface area contributed by atoms with Gasteiger partial charge in [-0.3, -0.25) is 4.98 Å². The first kappa shape index (κ1) is 17.6. The van der Waals surface area contributed by atoms with Gasteiger partial charge in [-0.1, -0.05) is 18.2 Å². The highest BCUT2D eigenvalue weighted by molar-refractivity contribution is 7.10. The third-order valence-electron chi connectivity index (χ3n) is 4.58. The average Bonchev–Trinajstić information content (AvgIpc) is 3.22. The van der Waals surface area contributed by atoms with E-state index in [1.165, 1.54) is 9.78 Å². The van der Waals surface area contributed by atoms with Crippen molar-refractivity contribution in [1.82, 2.24) is 15.0 Å². The highest BCUT2D eigenvalue weighted by atomic mass is 32.1. The molecule has 0 saturated heterocycles. The summed E-state index contributed by atoms with van der Waals surface area (Å²) in [6, 6.07) is 16.7. The molecule has 1 aromatic carbocycles. The van der Waals surface area contributed by atoms with Gasteiger partial charge in [0.05, 0.1) is 31.0 Å². The fourth-order valence-corrected chi connectivity index (χ4v) is 4.07. The quantitative estimate of drug-likeness (QED) is 0.543. The number of quaternary nitrogens is 1. The number of nitrogens with zero attached hydrogens (tertiary/aromatic N) is 3. The fourth-order valence-electron chi connectivity index (χ4n) is 3.11. The Bertz CT molecular complexity index is 1020. The summed E-state index contributed by atoms with van der Waals surface area (Å²) < 4.78 is 0. The summed E-state index contributed by atoms with van der Waals surface area (Å²) >= 11 is 1.80. The molecule has 0 aliphatic carbocycles. The van der Waals surface area contributed by atoms with Crippen LogP contribution in [0.3, 0.4) is 0 Å². The highest BCUT2D eigenvalue weighted by Crippen LogP contribution is 2.25. The van der Waals surface area contributed by atoms with Crippen molar-refractivity contribution < 1.29 is 4.90 Å². The number of para-hydroxylation sites is 1. The minimum absolute atomic E-state index is 0.362. The van der Waals surface area contributed by atoms with Crippen LogP contribution < -0.4 is 10.2 Å². The summed E-state index contributed by atoms with van der Waals surface area (Å²) in [5.41, 5.74) is 1.85. The SMILES string of the molecule is C[NH+](C)[C@H](CNc1nc(-c2cccnc2)nc2ccccc12)c1cccs1. The van der Waals surface area contributed by atoms with E-state index < -0.39 is 0 Å². The summed E-state index contributed by atoms with van der Waals surface area (Å²) in [5.74, 6) is 1.55. The van der Waals surface area contributed by atoms with Crippen molar-refractivity contribution >= 4 is 28.1 Å². The van der Waals surface area contributed by atoms with Gasteiger partial charge in [0, 0.05) is 23.3 Å². The molecule has 5 nitrogen and oxygen atoms in total. The van der Waals surface area contributed by atoms with Crippen molar-refractivity contribution in [3.8, 4) is 11.4 Å². The van der Waals surface area contributed by atoms with E-state index in [0.29, 0.717) is 11.9 Å². The van der Waals surface area contributed by atoms with E-state index in [-0.39, 0.29) is 0 Å². The van der Waals surface area contributed by atoms with Gasteiger partial charge >= 0.3 is 0 Å². The molecule has 0 radical (unpaired) electrons. The van der Waals surface area contributed by atoms with Gasteiger partial charge in [-0.15, -0.1) is 11.3 Å². The second-order valence-corrected chi connectivity index (χ2v) is 7.66. The molecule has 2 N–H and O–H groups in total. The van der Waals surface area contributed by atoms with E-state index in [2.05, 4.69) is 48.0 Å². The molecule has 1 atom stereocenters. The predicted octanol–water partition coefficient (Wildman–Crippen LogP) is 3.05. The molecule has 4 aromatic rings. The summed E-state index contributed by atoms with van der Waals surface area (Å²) in [6.07, 6.45) is 3.56. The molecule has 0 amide bonds. The topological polar surface area (TPSA) is 55.1 Å². The van der Waals surface area contributed by atoms with E-state index >= 15 is 0 Å². The molecule has 3 heterocycles. The normalized spacial score (nSPS) is 12.4. The molecule has 3 aromatic heterocycles. The molecule has 0 aliphatic rings. The van der Waals surface area contributed by atoms with Crippen LogP contribution in [0, 0.1) is 0 Å². The lowest BCUT2D eigenvalue weighted by atomic mass is 10.2. The maximum absolute atomic E-state index is 4.82. The van der Waals surface area contributed by atoms with Crippen LogP contribution in [0.25, 0.3) is 22.3 Å². The molecule has 4 rings (SSSR count). The molecule has 6 heteroatoms. The van der Waals surface area contributed by atoms with Gasteiger partial charge in [-0.25, -0.2) is 9.97 Å². The molecular formula is C21H22N5S+. The molecule has 136 valence electrons. The Morgan fingerprint density at radius 1 is 1.04 bits per heavy atom. The smallest absolute Gasteiger partial charge is 0.163 e. The number of fused-ring (bicyclic) bond motifs is 1. The van der Waals surface area contributed by atoms with E-state index in [9.17, 15) is 0 Å². The van der Waals surface area contributed by atoms with Gasteiger partial charge in [0.1, 0.15) is 11.9 Å². The van der Waals surface area contributed by atoms with Crippen molar-refractivity contribution in [2.45, 2.75) is 6.04 Å². The Hall–Kier alpha value is -2.83. The molecule has 0 unspecified atom stereocenters. The fraction of sp³-hybridized carbons (Fsp3) is 0.190. The Kier molecular flexibility index (Phi) is 5.09. The van der Waals surface area contributed by atoms with Crippen LogP contribution in [0.1, 0.15) is 10.9 Å². The Labute approximate surface area is 162 Å². The standard InChI is InChI=1S/C21H21N5S/c1-26(2)18(19-10-6-12-27-19)14-23-21-16-8-3-4-9-17(16)24-20(25-21)15-7-5-11-22-13-15/h3-13,18H,14H2,1-2H3,(H,23,24,25)/p+1/t18-/m1/s1. The van der Waals surface area contributed by atoms with Gasteiger partial charge in [0.15, 0.2) is 5.82 Å². The number of nitrogens with one attached hydrogen (secondary N) is 2. The van der Waals surface area contributed by atoms with Crippen LogP contribution in [-0.4, -0.2) is 35.6 Å². The van der Waals surface area contributed by atoms with Crippen LogP contribution in [0.5, 0.6) is 0 Å². The van der Waals surface area contributed by atoms with Crippen molar-refractivity contribution in [3.05, 3.63) is 71.2 Å². The number of hydrogen-bond donors (Lipinski definition) is 2. The number of likely N-dealkylation sites (N-methyl/N-ethyl adjacent to an activating group) is 1. The Morgan fingerprint density at radius 2 is 1.93 bits per heavy atom. The van der Waals surface area contributed by atoms with Crippen molar-refractivity contribution in [2.75, 3.05) is 26.0 Å². The molecule has 0 spiro atoms. The van der Waals surface area contributed by atoms with Gasteiger partial charge in [0.25, 0.3) is 0 Å². The van der Waals surface area contributed by atoms with E-state index in [0.717, 1.165) is 28.8 Å². The molecule has 0 fully saturated rings. The molecule has 0 saturated carbocycles. The predicted molar refractivity (Wildman–Crippen MR) is 111 cm³/mol. The maximum Gasteiger partial charge on any atom is 0.163 e. The molecule has 0 bridgehead atoms. The number of thiophene rings is 1. The van der Waals surface area contributed by atoms with Crippen molar-refractivity contribution in [2.24, 2.45) is 0 Å². The first-order valence-electron chi connectivity index (χ1n) is 8.97. The van der Waals surface area contributed by atoms with E-state index in [1.54, 1.807) is 23.7 Å². The summed E-state index contributed by atoms with van der Waals surface area (Å²) in [6.45, 7) is 0.802. The second kappa shape index (κ2) is 7.82. The third-order valence-corrected chi connectivity index (χ3v) is 5.57. The monoisotopic (exact) mass is 376 g/mol. The van der Waals surface area contributed by atoms with Crippen LogP contribution in [0.2, 0.25) is 0 Å². The van der Waals surface area contributed by atoms with Gasteiger partial charge in [-0.05, 0) is 35.7 Å². The number of anilines is 1. The summed E-state index contributed by atoms with van der Waals surface area (Å²) in [4.78, 5) is 16.5. The minimum Gasteiger partial charge on any atom is -0.363 e. The zero-order valence-corrected chi connectivity index (χ0v) is 16.2. The number of aromatic nitrogens is 3. The molecule has 0 aliphatic heterocycles. The second-order valence-electron chi connectivity index (χ2n) is 6.68. The lowest BCUT2D eigenvalue weighted by molar-refractivity contribution is -0.889. The van der Waals surface area contributed by atoms with Crippen LogP contribution in [-0.2, 0) is 0 Å². The Balaban J connectivity index is 1.70. The van der Waals surface area contributed by atoms with Crippen LogP contribution in [0.4, 0.5) is 5.82 Å². The number of benzene rings is 1. The third kappa shape index (κ3) is 3.82. The highest BCUT2D eigenvalue weighted by Gasteiger charge is 2.19. The van der Waals surface area contributed by atoms with Gasteiger partial charge in [-0.2, -0.15) is 0 Å². The largest absolute Gasteiger partial charge is 0.363 e. The first-order chi connectivity index (χ1) is 13.2. The maximum atomic E-state index is 4.82. The number of pyridine rings is 1. The van der Waals surface area contributed by atoms with Crippen molar-refractivity contribution in [1.29, 1.82) is 0 Å². The zero-order chi connectivity index (χ0) is 18.6.